The zero-order valence-electron chi connectivity index (χ0n) is 15.1. The van der Waals surface area contributed by atoms with Crippen molar-refractivity contribution >= 4 is 17.6 Å². The number of carbonyl (C=O) groups is 2. The van der Waals surface area contributed by atoms with E-state index in [0.29, 0.717) is 5.56 Å². The first-order chi connectivity index (χ1) is 12.6. The molecule has 1 aromatic rings. The highest BCUT2D eigenvalue weighted by molar-refractivity contribution is 5.94. The molecule has 3 rings (SSSR count). The number of nitrogens with zero attached hydrogens (tertiary/aromatic N) is 2. The Morgan fingerprint density at radius 3 is 2.35 bits per heavy atom. The van der Waals surface area contributed by atoms with Gasteiger partial charge in [0, 0.05) is 50.0 Å². The highest BCUT2D eigenvalue weighted by atomic mass is 16.4. The van der Waals surface area contributed by atoms with Gasteiger partial charge in [-0.3, -0.25) is 14.5 Å². The summed E-state index contributed by atoms with van der Waals surface area (Å²) in [4.78, 5) is 27.5. The number of aliphatic carboxylic acids is 1. The lowest BCUT2D eigenvalue weighted by Gasteiger charge is -2.41. The van der Waals surface area contributed by atoms with Crippen LogP contribution in [0.1, 0.15) is 29.6 Å². The molecule has 2 aliphatic rings. The number of carboxylic acid groups (broad SMARTS) is 1. The third-order valence-electron chi connectivity index (χ3n) is 5.26. The molecule has 0 radical (unpaired) electrons. The van der Waals surface area contributed by atoms with Gasteiger partial charge in [0.05, 0.1) is 6.42 Å². The van der Waals surface area contributed by atoms with Crippen LogP contribution in [0.25, 0.3) is 0 Å². The molecule has 0 unspecified atom stereocenters. The third-order valence-corrected chi connectivity index (χ3v) is 5.26. The first kappa shape index (κ1) is 18.7. The van der Waals surface area contributed by atoms with Crippen molar-refractivity contribution in [2.75, 3.05) is 50.7 Å². The summed E-state index contributed by atoms with van der Waals surface area (Å²) in [6, 6.07) is 8.30. The second-order valence-electron chi connectivity index (χ2n) is 6.95. The average Bonchev–Trinajstić information content (AvgIpc) is 2.68. The second-order valence-corrected chi connectivity index (χ2v) is 6.95. The van der Waals surface area contributed by atoms with E-state index in [-0.39, 0.29) is 18.9 Å². The SMILES string of the molecule is O=C(O)CCNC(=O)c1ccc(N2CCN(C3CCNCC3)CC2)cc1. The van der Waals surface area contributed by atoms with Crippen molar-refractivity contribution in [3.8, 4) is 0 Å². The van der Waals surface area contributed by atoms with Crippen molar-refractivity contribution in [2.24, 2.45) is 0 Å². The van der Waals surface area contributed by atoms with Crippen LogP contribution in [0.15, 0.2) is 24.3 Å². The lowest BCUT2D eigenvalue weighted by atomic mass is 10.0. The van der Waals surface area contributed by atoms with Crippen molar-refractivity contribution in [1.29, 1.82) is 0 Å². The Morgan fingerprint density at radius 2 is 1.73 bits per heavy atom. The number of piperazine rings is 1. The summed E-state index contributed by atoms with van der Waals surface area (Å²) in [6.07, 6.45) is 2.42. The van der Waals surface area contributed by atoms with Crippen LogP contribution in [0.2, 0.25) is 0 Å². The topological polar surface area (TPSA) is 84.9 Å². The number of piperidine rings is 1. The molecule has 2 aliphatic heterocycles. The Morgan fingerprint density at radius 1 is 1.08 bits per heavy atom. The number of carbonyl (C=O) groups excluding carboxylic acids is 1. The smallest absolute Gasteiger partial charge is 0.305 e. The van der Waals surface area contributed by atoms with Gasteiger partial charge in [-0.25, -0.2) is 0 Å². The van der Waals surface area contributed by atoms with E-state index in [1.807, 2.05) is 24.3 Å². The van der Waals surface area contributed by atoms with E-state index in [4.69, 9.17) is 5.11 Å². The maximum absolute atomic E-state index is 12.0. The minimum Gasteiger partial charge on any atom is -0.481 e. The lowest BCUT2D eigenvalue weighted by molar-refractivity contribution is -0.136. The summed E-state index contributed by atoms with van der Waals surface area (Å²) in [5.74, 6) is -1.14. The number of benzene rings is 1. The Bertz CT molecular complexity index is 606. The summed E-state index contributed by atoms with van der Waals surface area (Å²) in [5.41, 5.74) is 1.70. The molecule has 2 fully saturated rings. The average molecular weight is 360 g/mol. The molecule has 0 aliphatic carbocycles. The van der Waals surface area contributed by atoms with E-state index >= 15 is 0 Å². The van der Waals surface area contributed by atoms with E-state index in [0.717, 1.165) is 51.0 Å². The van der Waals surface area contributed by atoms with Crippen LogP contribution in [0.3, 0.4) is 0 Å². The zero-order valence-corrected chi connectivity index (χ0v) is 15.1. The zero-order chi connectivity index (χ0) is 18.4. The molecule has 7 heteroatoms. The van der Waals surface area contributed by atoms with Gasteiger partial charge in [-0.2, -0.15) is 0 Å². The van der Waals surface area contributed by atoms with E-state index in [9.17, 15) is 9.59 Å². The Balaban J connectivity index is 1.48. The van der Waals surface area contributed by atoms with Crippen LogP contribution in [-0.2, 0) is 4.79 Å². The predicted molar refractivity (Wildman–Crippen MR) is 101 cm³/mol. The number of rotatable bonds is 6. The fourth-order valence-corrected chi connectivity index (χ4v) is 3.73. The third kappa shape index (κ3) is 4.95. The van der Waals surface area contributed by atoms with Gasteiger partial charge in [0.25, 0.3) is 5.91 Å². The monoisotopic (exact) mass is 360 g/mol. The first-order valence-corrected chi connectivity index (χ1v) is 9.43. The minimum atomic E-state index is -0.913. The molecular formula is C19H28N4O3. The maximum Gasteiger partial charge on any atom is 0.305 e. The molecule has 7 nitrogen and oxygen atoms in total. The van der Waals surface area contributed by atoms with E-state index in [1.54, 1.807) is 0 Å². The quantitative estimate of drug-likeness (QED) is 0.695. The van der Waals surface area contributed by atoms with Crippen LogP contribution in [0.5, 0.6) is 0 Å². The van der Waals surface area contributed by atoms with Crippen molar-refractivity contribution in [3.63, 3.8) is 0 Å². The Hall–Kier alpha value is -2.12. The molecule has 0 spiro atoms. The molecule has 0 saturated carbocycles. The number of amides is 1. The maximum atomic E-state index is 12.0. The highest BCUT2D eigenvalue weighted by Gasteiger charge is 2.25. The molecule has 0 atom stereocenters. The number of hydrogen-bond donors (Lipinski definition) is 3. The number of nitrogens with one attached hydrogen (secondary N) is 2. The number of hydrogen-bond acceptors (Lipinski definition) is 5. The molecule has 1 amide bonds. The molecule has 2 heterocycles. The van der Waals surface area contributed by atoms with Gasteiger partial charge >= 0.3 is 5.97 Å². The highest BCUT2D eigenvalue weighted by Crippen LogP contribution is 2.20. The molecule has 0 aromatic heterocycles. The van der Waals surface area contributed by atoms with Crippen molar-refractivity contribution in [3.05, 3.63) is 29.8 Å². The van der Waals surface area contributed by atoms with Crippen LogP contribution in [0.4, 0.5) is 5.69 Å². The summed E-state index contributed by atoms with van der Waals surface area (Å²) in [5, 5.41) is 14.7. The van der Waals surface area contributed by atoms with Gasteiger partial charge < -0.3 is 20.6 Å². The molecule has 26 heavy (non-hydrogen) atoms. The van der Waals surface area contributed by atoms with E-state index in [2.05, 4.69) is 20.4 Å². The van der Waals surface area contributed by atoms with Crippen molar-refractivity contribution < 1.29 is 14.7 Å². The normalized spacial score (nSPS) is 19.3. The fraction of sp³-hybridized carbons (Fsp3) is 0.579. The van der Waals surface area contributed by atoms with Gasteiger partial charge in [-0.05, 0) is 50.2 Å². The Kier molecular flexibility index (Phi) is 6.46. The van der Waals surface area contributed by atoms with E-state index in [1.165, 1.54) is 12.8 Å². The standard InChI is InChI=1S/C19H28N4O3/c24-18(25)7-10-21-19(26)15-1-3-16(4-2-15)22-11-13-23(14-12-22)17-5-8-20-9-6-17/h1-4,17,20H,5-14H2,(H,21,26)(H,24,25). The fourth-order valence-electron chi connectivity index (χ4n) is 3.73. The minimum absolute atomic E-state index is 0.0643. The molecule has 3 N–H and O–H groups in total. The van der Waals surface area contributed by atoms with Crippen LogP contribution >= 0.6 is 0 Å². The largest absolute Gasteiger partial charge is 0.481 e. The molecule has 1 aromatic carbocycles. The van der Waals surface area contributed by atoms with Gasteiger partial charge in [0.15, 0.2) is 0 Å². The van der Waals surface area contributed by atoms with Crippen LogP contribution in [0, 0.1) is 0 Å². The molecule has 2 saturated heterocycles. The van der Waals surface area contributed by atoms with Crippen LogP contribution in [-0.4, -0.2) is 73.7 Å². The summed E-state index contributed by atoms with van der Waals surface area (Å²) < 4.78 is 0. The molecule has 0 bridgehead atoms. The van der Waals surface area contributed by atoms with Gasteiger partial charge in [-0.1, -0.05) is 0 Å². The lowest BCUT2D eigenvalue weighted by Crippen LogP contribution is -2.52. The van der Waals surface area contributed by atoms with Gasteiger partial charge in [0.2, 0.25) is 0 Å². The summed E-state index contributed by atoms with van der Waals surface area (Å²) >= 11 is 0. The first-order valence-electron chi connectivity index (χ1n) is 9.43. The number of carboxylic acids is 1. The van der Waals surface area contributed by atoms with Gasteiger partial charge in [-0.15, -0.1) is 0 Å². The molecule has 142 valence electrons. The summed E-state index contributed by atoms with van der Waals surface area (Å²) in [6.45, 7) is 6.59. The van der Waals surface area contributed by atoms with Crippen molar-refractivity contribution in [2.45, 2.75) is 25.3 Å². The van der Waals surface area contributed by atoms with Crippen LogP contribution < -0.4 is 15.5 Å². The predicted octanol–water partition coefficient (Wildman–Crippen LogP) is 0.765. The molecular weight excluding hydrogens is 332 g/mol. The second kappa shape index (κ2) is 9.00. The Labute approximate surface area is 154 Å². The van der Waals surface area contributed by atoms with Gasteiger partial charge in [0.1, 0.15) is 0 Å². The number of anilines is 1. The van der Waals surface area contributed by atoms with Crippen molar-refractivity contribution in [1.82, 2.24) is 15.5 Å². The van der Waals surface area contributed by atoms with E-state index < -0.39 is 5.97 Å². The summed E-state index contributed by atoms with van der Waals surface area (Å²) in [7, 11) is 0.